The molecule has 0 aromatic heterocycles. The number of ether oxygens (including phenoxy) is 2. The lowest BCUT2D eigenvalue weighted by atomic mass is 9.98. The molecule has 2 amide bonds. The van der Waals surface area contributed by atoms with Crippen LogP contribution < -0.4 is 0 Å². The normalized spacial score (nSPS) is 17.0. The van der Waals surface area contributed by atoms with Crippen LogP contribution in [0, 0.1) is 0 Å². The molecule has 2 aromatic carbocycles. The third kappa shape index (κ3) is 5.58. The Morgan fingerprint density at radius 2 is 1.63 bits per heavy atom. The zero-order valence-electron chi connectivity index (χ0n) is 20.4. The summed E-state index contributed by atoms with van der Waals surface area (Å²) in [6.45, 7) is 5.46. The lowest BCUT2D eigenvalue weighted by molar-refractivity contribution is -0.138. The number of hydrogen-bond acceptors (Lipinski definition) is 5. The van der Waals surface area contributed by atoms with Gasteiger partial charge in [0, 0.05) is 19.0 Å². The minimum absolute atomic E-state index is 0.0438. The van der Waals surface area contributed by atoms with Gasteiger partial charge in [-0.3, -0.25) is 9.69 Å². The summed E-state index contributed by atoms with van der Waals surface area (Å²) in [7, 11) is 0. The molecular formula is C27H32N2O6. The van der Waals surface area contributed by atoms with E-state index in [0.29, 0.717) is 13.0 Å². The Morgan fingerprint density at radius 1 is 1.03 bits per heavy atom. The maximum atomic E-state index is 13.1. The second kappa shape index (κ2) is 9.98. The van der Waals surface area contributed by atoms with Crippen LogP contribution in [0.3, 0.4) is 0 Å². The van der Waals surface area contributed by atoms with Crippen molar-refractivity contribution in [2.45, 2.75) is 51.2 Å². The average Bonchev–Trinajstić information content (AvgIpc) is 3.38. The molecule has 1 saturated heterocycles. The van der Waals surface area contributed by atoms with Gasteiger partial charge in [-0.2, -0.15) is 0 Å². The molecule has 2 aliphatic rings. The third-order valence-corrected chi connectivity index (χ3v) is 6.36. The Balaban J connectivity index is 1.43. The second-order valence-electron chi connectivity index (χ2n) is 10.0. The van der Waals surface area contributed by atoms with Crippen molar-refractivity contribution in [3.05, 3.63) is 59.7 Å². The minimum atomic E-state index is -1.14. The van der Waals surface area contributed by atoms with Crippen molar-refractivity contribution in [2.75, 3.05) is 26.2 Å². The molecule has 4 rings (SSSR count). The highest BCUT2D eigenvalue weighted by Gasteiger charge is 2.36. The Morgan fingerprint density at radius 3 is 2.20 bits per heavy atom. The molecule has 186 valence electrons. The maximum Gasteiger partial charge on any atom is 0.410 e. The van der Waals surface area contributed by atoms with Crippen LogP contribution in [0.15, 0.2) is 48.5 Å². The van der Waals surface area contributed by atoms with Gasteiger partial charge in [0.2, 0.25) is 0 Å². The van der Waals surface area contributed by atoms with Gasteiger partial charge in [0.15, 0.2) is 0 Å². The number of rotatable bonds is 6. The number of carbonyl (C=O) groups is 3. The van der Waals surface area contributed by atoms with Gasteiger partial charge in [0.25, 0.3) is 0 Å². The topological polar surface area (TPSA) is 96.4 Å². The van der Waals surface area contributed by atoms with Crippen molar-refractivity contribution < 1.29 is 29.0 Å². The molecule has 0 bridgehead atoms. The van der Waals surface area contributed by atoms with Gasteiger partial charge in [-0.15, -0.1) is 0 Å². The quantitative estimate of drug-likeness (QED) is 0.643. The summed E-state index contributed by atoms with van der Waals surface area (Å²) in [5.74, 6) is -1.18. The molecule has 0 spiro atoms. The highest BCUT2D eigenvalue weighted by Crippen LogP contribution is 2.44. The number of carbonyl (C=O) groups excluding carboxylic acids is 2. The molecule has 1 heterocycles. The van der Waals surface area contributed by atoms with E-state index in [9.17, 15) is 19.5 Å². The summed E-state index contributed by atoms with van der Waals surface area (Å²) >= 11 is 0. The molecule has 8 nitrogen and oxygen atoms in total. The monoisotopic (exact) mass is 480 g/mol. The first-order valence-corrected chi connectivity index (χ1v) is 12.0. The Labute approximate surface area is 205 Å². The molecule has 2 aromatic rings. The van der Waals surface area contributed by atoms with Crippen LogP contribution in [0.5, 0.6) is 0 Å². The van der Waals surface area contributed by atoms with E-state index in [0.717, 1.165) is 33.6 Å². The van der Waals surface area contributed by atoms with E-state index in [-0.39, 0.29) is 25.1 Å². The fourth-order valence-corrected chi connectivity index (χ4v) is 4.89. The van der Waals surface area contributed by atoms with Crippen LogP contribution in [0.2, 0.25) is 0 Å². The molecule has 1 N–H and O–H groups in total. The predicted molar refractivity (Wildman–Crippen MR) is 130 cm³/mol. The van der Waals surface area contributed by atoms with Gasteiger partial charge in [-0.05, 0) is 55.9 Å². The van der Waals surface area contributed by atoms with E-state index < -0.39 is 30.3 Å². The summed E-state index contributed by atoms with van der Waals surface area (Å²) in [6.07, 6.45) is 0.251. The largest absolute Gasteiger partial charge is 0.480 e. The van der Waals surface area contributed by atoms with E-state index in [2.05, 4.69) is 24.3 Å². The van der Waals surface area contributed by atoms with Crippen molar-refractivity contribution in [1.82, 2.24) is 9.80 Å². The van der Waals surface area contributed by atoms with E-state index in [1.807, 2.05) is 24.3 Å². The van der Waals surface area contributed by atoms with Crippen LogP contribution in [-0.4, -0.2) is 70.9 Å². The lowest BCUT2D eigenvalue weighted by Gasteiger charge is -2.31. The predicted octanol–water partition coefficient (Wildman–Crippen LogP) is 4.72. The highest BCUT2D eigenvalue weighted by molar-refractivity contribution is 5.79. The van der Waals surface area contributed by atoms with Crippen molar-refractivity contribution >= 4 is 18.2 Å². The number of aliphatic carboxylic acids is 1. The summed E-state index contributed by atoms with van der Waals surface area (Å²) < 4.78 is 11.2. The number of nitrogens with zero attached hydrogens (tertiary/aromatic N) is 2. The smallest absolute Gasteiger partial charge is 0.410 e. The Kier molecular flexibility index (Phi) is 7.00. The Hall–Kier alpha value is -3.55. The first-order valence-electron chi connectivity index (χ1n) is 12.0. The molecule has 1 unspecified atom stereocenters. The lowest BCUT2D eigenvalue weighted by Crippen LogP contribution is -2.48. The molecule has 1 fully saturated rings. The SMILES string of the molecule is CC(C)(C)OC(=O)N(CC(=O)O)CC1CCCN1C(=O)OCC1c2ccccc2-c2ccccc21. The number of likely N-dealkylation sites (tertiary alicyclic amines) is 1. The van der Waals surface area contributed by atoms with Gasteiger partial charge in [-0.1, -0.05) is 48.5 Å². The number of amides is 2. The molecule has 8 heteroatoms. The van der Waals surface area contributed by atoms with E-state index >= 15 is 0 Å². The van der Waals surface area contributed by atoms with Crippen molar-refractivity contribution in [3.63, 3.8) is 0 Å². The molecule has 1 aliphatic heterocycles. The summed E-state index contributed by atoms with van der Waals surface area (Å²) in [5.41, 5.74) is 3.83. The fourth-order valence-electron chi connectivity index (χ4n) is 4.89. The standard InChI is InChI=1S/C27H32N2O6/c1-27(2,3)35-25(32)28(16-24(30)31)15-18-9-8-14-29(18)26(33)34-17-23-21-12-6-4-10-19(21)20-11-5-7-13-22(20)23/h4-7,10-13,18,23H,8-9,14-17H2,1-3H3,(H,30,31). The summed E-state index contributed by atoms with van der Waals surface area (Å²) in [5, 5.41) is 9.29. The first kappa shape index (κ1) is 24.6. The number of carboxylic acids is 1. The molecule has 1 aliphatic carbocycles. The second-order valence-corrected chi connectivity index (χ2v) is 10.0. The third-order valence-electron chi connectivity index (χ3n) is 6.36. The van der Waals surface area contributed by atoms with Crippen molar-refractivity contribution in [3.8, 4) is 11.1 Å². The summed E-state index contributed by atoms with van der Waals surface area (Å²) in [6, 6.07) is 16.0. The van der Waals surface area contributed by atoms with Crippen LogP contribution in [-0.2, 0) is 14.3 Å². The molecular weight excluding hydrogens is 448 g/mol. The zero-order valence-corrected chi connectivity index (χ0v) is 20.4. The van der Waals surface area contributed by atoms with Crippen LogP contribution in [0.1, 0.15) is 50.7 Å². The number of benzene rings is 2. The van der Waals surface area contributed by atoms with Gasteiger partial charge in [0.1, 0.15) is 18.8 Å². The van der Waals surface area contributed by atoms with Crippen molar-refractivity contribution in [1.29, 1.82) is 0 Å². The summed E-state index contributed by atoms with van der Waals surface area (Å²) in [4.78, 5) is 39.8. The van der Waals surface area contributed by atoms with Gasteiger partial charge < -0.3 is 19.5 Å². The van der Waals surface area contributed by atoms with Gasteiger partial charge >= 0.3 is 18.2 Å². The number of carboxylic acid groups (broad SMARTS) is 1. The number of hydrogen-bond donors (Lipinski definition) is 1. The van der Waals surface area contributed by atoms with E-state index in [1.54, 1.807) is 25.7 Å². The van der Waals surface area contributed by atoms with Crippen molar-refractivity contribution in [2.24, 2.45) is 0 Å². The molecule has 1 atom stereocenters. The molecule has 0 radical (unpaired) electrons. The highest BCUT2D eigenvalue weighted by atomic mass is 16.6. The average molecular weight is 481 g/mol. The van der Waals surface area contributed by atoms with E-state index in [4.69, 9.17) is 9.47 Å². The van der Waals surface area contributed by atoms with Crippen LogP contribution in [0.4, 0.5) is 9.59 Å². The molecule has 0 saturated carbocycles. The maximum absolute atomic E-state index is 13.1. The number of fused-ring (bicyclic) bond motifs is 3. The van der Waals surface area contributed by atoms with Crippen LogP contribution >= 0.6 is 0 Å². The first-order chi connectivity index (χ1) is 16.6. The van der Waals surface area contributed by atoms with Gasteiger partial charge in [-0.25, -0.2) is 9.59 Å². The Bertz CT molecular complexity index is 1060. The van der Waals surface area contributed by atoms with Crippen LogP contribution in [0.25, 0.3) is 11.1 Å². The minimum Gasteiger partial charge on any atom is -0.480 e. The zero-order chi connectivity index (χ0) is 25.2. The van der Waals surface area contributed by atoms with E-state index in [1.165, 1.54) is 0 Å². The molecule has 35 heavy (non-hydrogen) atoms. The van der Waals surface area contributed by atoms with Gasteiger partial charge in [0.05, 0.1) is 6.04 Å². The fraction of sp³-hybridized carbons (Fsp3) is 0.444.